The van der Waals surface area contributed by atoms with Crippen molar-refractivity contribution in [1.82, 2.24) is 14.8 Å². The maximum absolute atomic E-state index is 12.3. The minimum atomic E-state index is -0.128. The van der Waals surface area contributed by atoms with Crippen LogP contribution in [0.5, 0.6) is 0 Å². The van der Waals surface area contributed by atoms with Gasteiger partial charge in [-0.15, -0.1) is 0 Å². The van der Waals surface area contributed by atoms with E-state index in [2.05, 4.69) is 22.2 Å². The van der Waals surface area contributed by atoms with E-state index in [0.717, 1.165) is 11.4 Å². The Kier molecular flexibility index (Phi) is 2.83. The van der Waals surface area contributed by atoms with Gasteiger partial charge < -0.3 is 0 Å². The lowest BCUT2D eigenvalue weighted by atomic mass is 10.1. The molecule has 0 bridgehead atoms. The first kappa shape index (κ1) is 11.6. The third-order valence-corrected chi connectivity index (χ3v) is 3.12. The maximum Gasteiger partial charge on any atom is 0.278 e. The predicted octanol–water partition coefficient (Wildman–Crippen LogP) is 2.48. The van der Waals surface area contributed by atoms with Gasteiger partial charge in [-0.1, -0.05) is 24.3 Å². The van der Waals surface area contributed by atoms with Gasteiger partial charge in [-0.2, -0.15) is 5.10 Å². The Bertz CT molecular complexity index is 656. The molecule has 0 spiro atoms. The van der Waals surface area contributed by atoms with Gasteiger partial charge in [0.1, 0.15) is 0 Å². The van der Waals surface area contributed by atoms with Crippen molar-refractivity contribution in [3.8, 4) is 0 Å². The van der Waals surface area contributed by atoms with Crippen molar-refractivity contribution in [3.05, 3.63) is 71.8 Å². The molecule has 4 heteroatoms. The van der Waals surface area contributed by atoms with E-state index in [4.69, 9.17) is 0 Å². The lowest BCUT2D eigenvalue weighted by Gasteiger charge is -2.03. The number of carbonyl (C=O) groups excluding carboxylic acids is 1. The molecule has 2 aromatic rings. The summed E-state index contributed by atoms with van der Waals surface area (Å²) in [5.41, 5.74) is 2.32. The third kappa shape index (κ3) is 2.12. The second-order valence-corrected chi connectivity index (χ2v) is 4.46. The quantitative estimate of drug-likeness (QED) is 0.823. The van der Waals surface area contributed by atoms with Crippen LogP contribution in [-0.2, 0) is 0 Å². The van der Waals surface area contributed by atoms with Crippen LogP contribution >= 0.6 is 0 Å². The molecule has 0 aromatic carbocycles. The average Bonchev–Trinajstić information content (AvgIpc) is 3.08. The Balaban J connectivity index is 1.95. The molecular weight excluding hydrogens is 238 g/mol. The van der Waals surface area contributed by atoms with Crippen molar-refractivity contribution >= 4 is 5.91 Å². The zero-order chi connectivity index (χ0) is 13.2. The molecule has 1 aliphatic carbocycles. The number of hydrogen-bond donors (Lipinski definition) is 0. The molecule has 1 aliphatic rings. The van der Waals surface area contributed by atoms with Gasteiger partial charge in [0.2, 0.25) is 0 Å². The Hall–Kier alpha value is -2.49. The van der Waals surface area contributed by atoms with Gasteiger partial charge in [0.25, 0.3) is 5.91 Å². The first-order valence-corrected chi connectivity index (χ1v) is 6.12. The molecule has 4 nitrogen and oxygen atoms in total. The number of pyridine rings is 1. The first-order valence-electron chi connectivity index (χ1n) is 6.12. The normalized spacial score (nSPS) is 14.2. The van der Waals surface area contributed by atoms with Crippen molar-refractivity contribution in [2.75, 3.05) is 0 Å². The lowest BCUT2D eigenvalue weighted by molar-refractivity contribution is 0.0942. The van der Waals surface area contributed by atoms with Crippen molar-refractivity contribution in [3.63, 3.8) is 0 Å². The minimum Gasteiger partial charge on any atom is -0.267 e. The fourth-order valence-electron chi connectivity index (χ4n) is 2.11. The summed E-state index contributed by atoms with van der Waals surface area (Å²) >= 11 is 0. The smallest absolute Gasteiger partial charge is 0.267 e. The first-order chi connectivity index (χ1) is 9.25. The summed E-state index contributed by atoms with van der Waals surface area (Å²) < 4.78 is 1.45. The lowest BCUT2D eigenvalue weighted by Crippen LogP contribution is -2.15. The van der Waals surface area contributed by atoms with Gasteiger partial charge in [-0.25, -0.2) is 4.68 Å². The average molecular weight is 251 g/mol. The molecule has 3 rings (SSSR count). The van der Waals surface area contributed by atoms with Crippen LogP contribution in [0.4, 0.5) is 0 Å². The van der Waals surface area contributed by atoms with E-state index in [0.29, 0.717) is 5.56 Å². The molecule has 0 aliphatic heterocycles. The van der Waals surface area contributed by atoms with Crippen LogP contribution in [0.15, 0.2) is 54.9 Å². The van der Waals surface area contributed by atoms with E-state index in [1.54, 1.807) is 24.5 Å². The molecule has 0 N–H and O–H groups in total. The summed E-state index contributed by atoms with van der Waals surface area (Å²) in [5.74, 6) is 0.0438. The Morgan fingerprint density at radius 1 is 1.21 bits per heavy atom. The van der Waals surface area contributed by atoms with Crippen LogP contribution in [0.2, 0.25) is 0 Å². The topological polar surface area (TPSA) is 47.8 Å². The number of hydrogen-bond acceptors (Lipinski definition) is 3. The molecular formula is C15H13N3O. The molecule has 2 aromatic heterocycles. The number of carbonyl (C=O) groups is 1. The number of nitrogens with zero attached hydrogens (tertiary/aromatic N) is 3. The summed E-state index contributed by atoms with van der Waals surface area (Å²) in [6, 6.07) is 5.33. The number of aromatic nitrogens is 3. The van der Waals surface area contributed by atoms with Crippen LogP contribution < -0.4 is 0 Å². The van der Waals surface area contributed by atoms with Crippen LogP contribution in [0, 0.1) is 6.92 Å². The molecule has 0 saturated carbocycles. The zero-order valence-electron chi connectivity index (χ0n) is 10.5. The number of aryl methyl sites for hydroxylation is 1. The molecule has 0 radical (unpaired) electrons. The van der Waals surface area contributed by atoms with Crippen molar-refractivity contribution in [1.29, 1.82) is 0 Å². The summed E-state index contributed by atoms with van der Waals surface area (Å²) in [6.07, 6.45) is 11.3. The van der Waals surface area contributed by atoms with Gasteiger partial charge in [0, 0.05) is 29.6 Å². The Morgan fingerprint density at radius 2 is 1.89 bits per heavy atom. The molecule has 0 amide bonds. The molecule has 19 heavy (non-hydrogen) atoms. The Morgan fingerprint density at radius 3 is 2.58 bits per heavy atom. The van der Waals surface area contributed by atoms with Crippen molar-refractivity contribution in [2.45, 2.75) is 12.8 Å². The van der Waals surface area contributed by atoms with Gasteiger partial charge in [-0.05, 0) is 25.1 Å². The highest BCUT2D eigenvalue weighted by Crippen LogP contribution is 2.22. The van der Waals surface area contributed by atoms with Crippen molar-refractivity contribution < 1.29 is 4.79 Å². The summed E-state index contributed by atoms with van der Waals surface area (Å²) in [4.78, 5) is 16.2. The monoisotopic (exact) mass is 251 g/mol. The van der Waals surface area contributed by atoms with E-state index in [-0.39, 0.29) is 11.8 Å². The number of allylic oxidation sites excluding steroid dienone is 4. The summed E-state index contributed by atoms with van der Waals surface area (Å²) in [5, 5.41) is 4.41. The maximum atomic E-state index is 12.3. The van der Waals surface area contributed by atoms with E-state index in [1.165, 1.54) is 4.68 Å². The van der Waals surface area contributed by atoms with E-state index >= 15 is 0 Å². The van der Waals surface area contributed by atoms with Gasteiger partial charge >= 0.3 is 0 Å². The van der Waals surface area contributed by atoms with Crippen LogP contribution in [0.1, 0.15) is 27.7 Å². The molecule has 0 fully saturated rings. The molecule has 94 valence electrons. The van der Waals surface area contributed by atoms with E-state index < -0.39 is 0 Å². The van der Waals surface area contributed by atoms with E-state index in [9.17, 15) is 4.79 Å². The SMILES string of the molecule is Cc1cc(C2C=CC=C2)nn1C(=O)c1ccncc1. The minimum absolute atomic E-state index is 0.128. The zero-order valence-corrected chi connectivity index (χ0v) is 10.5. The fraction of sp³-hybridized carbons (Fsp3) is 0.133. The molecule has 0 atom stereocenters. The van der Waals surface area contributed by atoms with Crippen LogP contribution in [0.25, 0.3) is 0 Å². The largest absolute Gasteiger partial charge is 0.278 e. The molecule has 0 saturated heterocycles. The second-order valence-electron chi connectivity index (χ2n) is 4.46. The van der Waals surface area contributed by atoms with Gasteiger partial charge in [-0.3, -0.25) is 9.78 Å². The summed E-state index contributed by atoms with van der Waals surface area (Å²) in [6.45, 7) is 1.89. The molecule has 0 unspecified atom stereocenters. The second kappa shape index (κ2) is 4.65. The van der Waals surface area contributed by atoms with Crippen molar-refractivity contribution in [2.24, 2.45) is 0 Å². The van der Waals surface area contributed by atoms with Gasteiger partial charge in [0.15, 0.2) is 0 Å². The van der Waals surface area contributed by atoms with Crippen LogP contribution in [-0.4, -0.2) is 20.7 Å². The highest BCUT2D eigenvalue weighted by Gasteiger charge is 2.17. The number of rotatable bonds is 2. The highest BCUT2D eigenvalue weighted by molar-refractivity contribution is 5.95. The Labute approximate surface area is 111 Å². The standard InChI is InChI=1S/C15H13N3O/c1-11-10-14(12-4-2-3-5-12)17-18(11)15(19)13-6-8-16-9-7-13/h2-10,12H,1H3. The molecule has 2 heterocycles. The van der Waals surface area contributed by atoms with Gasteiger partial charge in [0.05, 0.1) is 5.69 Å². The predicted molar refractivity (Wildman–Crippen MR) is 72.0 cm³/mol. The third-order valence-electron chi connectivity index (χ3n) is 3.12. The highest BCUT2D eigenvalue weighted by atomic mass is 16.2. The van der Waals surface area contributed by atoms with Crippen LogP contribution in [0.3, 0.4) is 0 Å². The fourth-order valence-corrected chi connectivity index (χ4v) is 2.11. The summed E-state index contributed by atoms with van der Waals surface area (Å²) in [7, 11) is 0. The van der Waals surface area contributed by atoms with E-state index in [1.807, 2.05) is 25.1 Å².